The van der Waals surface area contributed by atoms with E-state index in [0.717, 1.165) is 36.8 Å². The van der Waals surface area contributed by atoms with Gasteiger partial charge in [0.25, 0.3) is 0 Å². The minimum Gasteiger partial charge on any atom is -0.426 e. The molecule has 2 heteroatoms. The van der Waals surface area contributed by atoms with Crippen molar-refractivity contribution in [3.05, 3.63) is 54.6 Å². The molecule has 0 saturated heterocycles. The van der Waals surface area contributed by atoms with E-state index in [4.69, 9.17) is 4.74 Å². The minimum absolute atomic E-state index is 0.00737. The summed E-state index contributed by atoms with van der Waals surface area (Å²) in [7, 11) is 0. The van der Waals surface area contributed by atoms with Crippen molar-refractivity contribution in [1.29, 1.82) is 0 Å². The molecule has 2 aromatic carbocycles. The monoisotopic (exact) mass is 520 g/mol. The molecule has 0 spiro atoms. The van der Waals surface area contributed by atoms with Gasteiger partial charge >= 0.3 is 5.97 Å². The van der Waals surface area contributed by atoms with Gasteiger partial charge in [-0.1, -0.05) is 178 Å². The number of para-hydroxylation sites is 1. The van der Waals surface area contributed by atoms with Gasteiger partial charge in [-0.3, -0.25) is 4.79 Å². The van der Waals surface area contributed by atoms with E-state index < -0.39 is 0 Å². The van der Waals surface area contributed by atoms with Crippen LogP contribution in [-0.2, 0) is 4.79 Å². The van der Waals surface area contributed by atoms with Gasteiger partial charge in [0.1, 0.15) is 5.75 Å². The fourth-order valence-corrected chi connectivity index (χ4v) is 5.39. The topological polar surface area (TPSA) is 26.3 Å². The van der Waals surface area contributed by atoms with Crippen molar-refractivity contribution in [1.82, 2.24) is 0 Å². The van der Waals surface area contributed by atoms with Crippen molar-refractivity contribution in [2.75, 3.05) is 0 Å². The van der Waals surface area contributed by atoms with Crippen molar-refractivity contribution < 1.29 is 9.53 Å². The Hall–Kier alpha value is -2.09. The van der Waals surface area contributed by atoms with E-state index in [2.05, 4.69) is 26.0 Å². The van der Waals surface area contributed by atoms with Crippen LogP contribution >= 0.6 is 0 Å². The van der Waals surface area contributed by atoms with Gasteiger partial charge in [-0.25, -0.2) is 0 Å². The third kappa shape index (κ3) is 14.2. The first-order chi connectivity index (χ1) is 18.8. The van der Waals surface area contributed by atoms with E-state index >= 15 is 0 Å². The highest BCUT2D eigenvalue weighted by molar-refractivity contribution is 5.79. The van der Waals surface area contributed by atoms with Gasteiger partial charge < -0.3 is 4.74 Å². The molecule has 0 heterocycles. The standard InChI is InChI=1S/C36H56O2/c1-3-5-7-9-11-13-14-16-18-21-29-33(28-20-17-15-12-10-8-6-4-2)36(37)38-35-31-25-24-30-34(35)32-26-22-19-23-27-32/h19,22-27,30-31,33H,3-18,20-21,28-29H2,1-2H3. The summed E-state index contributed by atoms with van der Waals surface area (Å²) >= 11 is 0. The van der Waals surface area contributed by atoms with Gasteiger partial charge in [0, 0.05) is 5.56 Å². The Labute approximate surface area is 235 Å². The smallest absolute Gasteiger partial charge is 0.314 e. The van der Waals surface area contributed by atoms with E-state index in [1.54, 1.807) is 0 Å². The van der Waals surface area contributed by atoms with E-state index in [9.17, 15) is 4.79 Å². The first-order valence-electron chi connectivity index (χ1n) is 16.1. The molecule has 0 amide bonds. The fraction of sp³-hybridized carbons (Fsp3) is 0.639. The zero-order valence-corrected chi connectivity index (χ0v) is 24.7. The molecule has 2 rings (SSSR count). The van der Waals surface area contributed by atoms with E-state index in [1.807, 2.05) is 42.5 Å². The maximum Gasteiger partial charge on any atom is 0.314 e. The quantitative estimate of drug-likeness (QED) is 0.0827. The lowest BCUT2D eigenvalue weighted by molar-refractivity contribution is -0.139. The van der Waals surface area contributed by atoms with Crippen LogP contribution in [-0.4, -0.2) is 5.97 Å². The summed E-state index contributed by atoms with van der Waals surface area (Å²) in [5.74, 6) is 0.660. The fourth-order valence-electron chi connectivity index (χ4n) is 5.39. The first-order valence-corrected chi connectivity index (χ1v) is 16.1. The molecule has 212 valence electrons. The lowest BCUT2D eigenvalue weighted by Gasteiger charge is -2.17. The molecular weight excluding hydrogens is 464 g/mol. The first kappa shape index (κ1) is 32.1. The molecule has 0 aromatic heterocycles. The summed E-state index contributed by atoms with van der Waals surface area (Å²) in [5.41, 5.74) is 2.08. The third-order valence-corrected chi connectivity index (χ3v) is 7.83. The van der Waals surface area contributed by atoms with Gasteiger partial charge in [0.15, 0.2) is 0 Å². The van der Waals surface area contributed by atoms with Crippen LogP contribution < -0.4 is 4.74 Å². The van der Waals surface area contributed by atoms with Gasteiger partial charge in [-0.2, -0.15) is 0 Å². The third-order valence-electron chi connectivity index (χ3n) is 7.83. The van der Waals surface area contributed by atoms with Crippen LogP contribution in [0, 0.1) is 5.92 Å². The average molecular weight is 521 g/mol. The normalized spacial score (nSPS) is 11.9. The van der Waals surface area contributed by atoms with Crippen molar-refractivity contribution in [2.45, 2.75) is 142 Å². The molecule has 38 heavy (non-hydrogen) atoms. The van der Waals surface area contributed by atoms with Gasteiger partial charge in [0.2, 0.25) is 0 Å². The highest BCUT2D eigenvalue weighted by Gasteiger charge is 2.21. The van der Waals surface area contributed by atoms with E-state index in [-0.39, 0.29) is 11.9 Å². The molecule has 0 N–H and O–H groups in total. The van der Waals surface area contributed by atoms with Crippen molar-refractivity contribution in [2.24, 2.45) is 5.92 Å². The molecule has 2 nitrogen and oxygen atoms in total. The van der Waals surface area contributed by atoms with Crippen molar-refractivity contribution in [3.8, 4) is 16.9 Å². The molecule has 0 aliphatic carbocycles. The van der Waals surface area contributed by atoms with Gasteiger partial charge in [0.05, 0.1) is 5.92 Å². The van der Waals surface area contributed by atoms with E-state index in [1.165, 1.54) is 103 Å². The van der Waals surface area contributed by atoms with Crippen LogP contribution in [0.5, 0.6) is 5.75 Å². The molecule has 0 saturated carbocycles. The van der Waals surface area contributed by atoms with Gasteiger partial charge in [-0.05, 0) is 24.5 Å². The molecule has 0 bridgehead atoms. The highest BCUT2D eigenvalue weighted by atomic mass is 16.5. The summed E-state index contributed by atoms with van der Waals surface area (Å²) in [4.78, 5) is 13.4. The molecule has 0 radical (unpaired) electrons. The summed E-state index contributed by atoms with van der Waals surface area (Å²) in [6.07, 6.45) is 25.5. The molecule has 2 aromatic rings. The Bertz CT molecular complexity index is 828. The number of rotatable bonds is 23. The van der Waals surface area contributed by atoms with Gasteiger partial charge in [-0.15, -0.1) is 0 Å². The number of carbonyl (C=O) groups excluding carboxylic acids is 1. The number of esters is 1. The predicted molar refractivity (Wildman–Crippen MR) is 165 cm³/mol. The Morgan fingerprint density at radius 3 is 1.47 bits per heavy atom. The second kappa shape index (κ2) is 21.8. The van der Waals surface area contributed by atoms with Crippen LogP contribution in [0.2, 0.25) is 0 Å². The zero-order chi connectivity index (χ0) is 27.1. The minimum atomic E-state index is -0.0350. The van der Waals surface area contributed by atoms with Crippen LogP contribution in [0.15, 0.2) is 54.6 Å². The van der Waals surface area contributed by atoms with Crippen LogP contribution in [0.25, 0.3) is 11.1 Å². The Morgan fingerprint density at radius 2 is 0.974 bits per heavy atom. The molecule has 1 unspecified atom stereocenters. The molecular formula is C36H56O2. The number of unbranched alkanes of at least 4 members (excludes halogenated alkanes) is 16. The number of hydrogen-bond acceptors (Lipinski definition) is 2. The summed E-state index contributed by atoms with van der Waals surface area (Å²) in [6.45, 7) is 4.55. The molecule has 0 aliphatic heterocycles. The maximum absolute atomic E-state index is 13.4. The lowest BCUT2D eigenvalue weighted by Crippen LogP contribution is -2.21. The number of ether oxygens (including phenoxy) is 1. The number of benzene rings is 2. The SMILES string of the molecule is CCCCCCCCCCCCC(CCCCCCCCCC)C(=O)Oc1ccccc1-c1ccccc1. The lowest BCUT2D eigenvalue weighted by atomic mass is 9.94. The Morgan fingerprint density at radius 1 is 0.553 bits per heavy atom. The van der Waals surface area contributed by atoms with Crippen molar-refractivity contribution >= 4 is 5.97 Å². The number of carbonyl (C=O) groups is 1. The molecule has 0 aliphatic rings. The molecule has 0 fully saturated rings. The van der Waals surface area contributed by atoms with Crippen molar-refractivity contribution in [3.63, 3.8) is 0 Å². The summed E-state index contributed by atoms with van der Waals surface area (Å²) < 4.78 is 6.09. The second-order valence-electron chi connectivity index (χ2n) is 11.2. The second-order valence-corrected chi connectivity index (χ2v) is 11.2. The zero-order valence-electron chi connectivity index (χ0n) is 24.7. The average Bonchev–Trinajstić information content (AvgIpc) is 2.95. The largest absolute Gasteiger partial charge is 0.426 e. The van der Waals surface area contributed by atoms with Crippen LogP contribution in [0.3, 0.4) is 0 Å². The number of hydrogen-bond donors (Lipinski definition) is 0. The Kier molecular flexibility index (Phi) is 18.4. The Balaban J connectivity index is 1.83. The highest BCUT2D eigenvalue weighted by Crippen LogP contribution is 2.31. The van der Waals surface area contributed by atoms with E-state index in [0.29, 0.717) is 5.75 Å². The maximum atomic E-state index is 13.4. The molecule has 1 atom stereocenters. The van der Waals surface area contributed by atoms with Crippen LogP contribution in [0.4, 0.5) is 0 Å². The summed E-state index contributed by atoms with van der Waals surface area (Å²) in [5, 5.41) is 0. The summed E-state index contributed by atoms with van der Waals surface area (Å²) in [6, 6.07) is 18.2. The predicted octanol–water partition coefficient (Wildman–Crippen LogP) is 11.7. The van der Waals surface area contributed by atoms with Crippen LogP contribution in [0.1, 0.15) is 142 Å².